The first-order valence-corrected chi connectivity index (χ1v) is 15.3. The monoisotopic (exact) mass is 603 g/mol. The SMILES string of the molecule is CC(N)C(=O)OCCNSc1ccc(C(=O)Nc2ccc(N)c(N3CCC(F)(F)CC3)n2)c(N2CCC3(CC2)CC3)c1. The van der Waals surface area contributed by atoms with Gasteiger partial charge in [0, 0.05) is 50.5 Å². The Hall–Kier alpha value is -3.16. The third-order valence-corrected chi connectivity index (χ3v) is 9.13. The molecule has 5 rings (SSSR count). The highest BCUT2D eigenvalue weighted by molar-refractivity contribution is 7.97. The van der Waals surface area contributed by atoms with Gasteiger partial charge in [0.1, 0.15) is 18.5 Å². The van der Waals surface area contributed by atoms with Crippen LogP contribution in [0.15, 0.2) is 35.2 Å². The number of benzene rings is 1. The van der Waals surface area contributed by atoms with Gasteiger partial charge in [0.2, 0.25) is 0 Å². The van der Waals surface area contributed by atoms with E-state index in [0.29, 0.717) is 34.8 Å². The average molecular weight is 604 g/mol. The van der Waals surface area contributed by atoms with E-state index in [-0.39, 0.29) is 38.4 Å². The number of rotatable bonds is 10. The number of carbonyl (C=O) groups excluding carboxylic acids is 2. The number of hydrogen-bond donors (Lipinski definition) is 4. The Bertz CT molecular complexity index is 1290. The van der Waals surface area contributed by atoms with Gasteiger partial charge in [-0.15, -0.1) is 0 Å². The third kappa shape index (κ3) is 7.42. The fraction of sp³-hybridized carbons (Fsp3) is 0.552. The van der Waals surface area contributed by atoms with Crippen molar-refractivity contribution in [2.45, 2.75) is 62.3 Å². The van der Waals surface area contributed by atoms with Gasteiger partial charge in [-0.2, -0.15) is 0 Å². The standard InChI is InChI=1S/C29H39F2N7O3S/c1-19(32)27(40)41-17-12-34-42-20-2-3-21(23(18-20)37-13-8-28(6-7-28)9-14-37)26(39)36-24-5-4-22(33)25(35-24)38-15-10-29(30,31)11-16-38/h2-5,18-19,34H,6-17,32-33H2,1H3,(H,35,36,39). The number of aromatic nitrogens is 1. The molecule has 1 spiro atoms. The van der Waals surface area contributed by atoms with Crippen molar-refractivity contribution in [3.05, 3.63) is 35.9 Å². The number of pyridine rings is 1. The molecule has 42 heavy (non-hydrogen) atoms. The highest BCUT2D eigenvalue weighted by Gasteiger charge is 2.44. The zero-order valence-corrected chi connectivity index (χ0v) is 24.7. The predicted molar refractivity (Wildman–Crippen MR) is 161 cm³/mol. The Balaban J connectivity index is 1.28. The summed E-state index contributed by atoms with van der Waals surface area (Å²) in [5.74, 6) is -2.73. The number of halogens is 2. The minimum Gasteiger partial charge on any atom is -0.463 e. The second-order valence-corrected chi connectivity index (χ2v) is 12.5. The molecule has 6 N–H and O–H groups in total. The van der Waals surface area contributed by atoms with Gasteiger partial charge in [0.05, 0.1) is 16.9 Å². The van der Waals surface area contributed by atoms with Gasteiger partial charge in [-0.3, -0.25) is 14.3 Å². The summed E-state index contributed by atoms with van der Waals surface area (Å²) < 4.78 is 35.7. The first kappa shape index (κ1) is 30.3. The fourth-order valence-electron chi connectivity index (χ4n) is 5.40. The lowest BCUT2D eigenvalue weighted by Crippen LogP contribution is -2.40. The van der Waals surface area contributed by atoms with Crippen LogP contribution in [0.3, 0.4) is 0 Å². The van der Waals surface area contributed by atoms with E-state index in [2.05, 4.69) is 19.9 Å². The lowest BCUT2D eigenvalue weighted by Gasteiger charge is -2.35. The molecule has 1 aromatic heterocycles. The largest absolute Gasteiger partial charge is 0.463 e. The number of nitrogens with two attached hydrogens (primary N) is 2. The first-order valence-electron chi connectivity index (χ1n) is 14.5. The summed E-state index contributed by atoms with van der Waals surface area (Å²) in [4.78, 5) is 34.6. The molecule has 3 aliphatic rings. The van der Waals surface area contributed by atoms with Crippen molar-refractivity contribution < 1.29 is 23.1 Å². The summed E-state index contributed by atoms with van der Waals surface area (Å²) in [5.41, 5.74) is 13.9. The van der Waals surface area contributed by atoms with Crippen molar-refractivity contribution in [2.24, 2.45) is 11.1 Å². The van der Waals surface area contributed by atoms with Gasteiger partial charge < -0.3 is 31.3 Å². The molecule has 3 fully saturated rings. The van der Waals surface area contributed by atoms with E-state index in [4.69, 9.17) is 16.2 Å². The van der Waals surface area contributed by atoms with E-state index in [1.54, 1.807) is 30.0 Å². The van der Waals surface area contributed by atoms with E-state index in [9.17, 15) is 18.4 Å². The molecule has 0 radical (unpaired) electrons. The molecular formula is C29H39F2N7O3S. The summed E-state index contributed by atoms with van der Waals surface area (Å²) in [6.45, 7) is 4.25. The molecule has 2 aliphatic heterocycles. The van der Waals surface area contributed by atoms with Crippen molar-refractivity contribution in [2.75, 3.05) is 60.2 Å². The smallest absolute Gasteiger partial charge is 0.322 e. The Morgan fingerprint density at radius 3 is 2.40 bits per heavy atom. The van der Waals surface area contributed by atoms with Crippen LogP contribution in [-0.2, 0) is 9.53 Å². The molecular weight excluding hydrogens is 564 g/mol. The van der Waals surface area contributed by atoms with Crippen LogP contribution in [0, 0.1) is 5.41 Å². The Morgan fingerprint density at radius 2 is 1.74 bits per heavy atom. The maximum absolute atomic E-state index is 13.7. The van der Waals surface area contributed by atoms with E-state index in [1.807, 2.05) is 12.1 Å². The molecule has 1 atom stereocenters. The number of nitrogens with one attached hydrogen (secondary N) is 2. The molecule has 2 aromatic rings. The molecule has 1 unspecified atom stereocenters. The van der Waals surface area contributed by atoms with Crippen molar-refractivity contribution >= 4 is 46.8 Å². The van der Waals surface area contributed by atoms with E-state index >= 15 is 0 Å². The highest BCUT2D eigenvalue weighted by atomic mass is 32.2. The zero-order chi connectivity index (χ0) is 29.9. The van der Waals surface area contributed by atoms with Gasteiger partial charge in [-0.05, 0) is 80.3 Å². The Labute approximate surface area is 249 Å². The van der Waals surface area contributed by atoms with Gasteiger partial charge in [0.15, 0.2) is 5.82 Å². The maximum atomic E-state index is 13.7. The van der Waals surface area contributed by atoms with Crippen molar-refractivity contribution in [1.82, 2.24) is 9.71 Å². The number of amides is 1. The quantitative estimate of drug-likeness (QED) is 0.179. The molecule has 0 bridgehead atoms. The number of alkyl halides is 2. The number of hydrogen-bond acceptors (Lipinski definition) is 10. The molecule has 2 saturated heterocycles. The molecule has 1 amide bonds. The maximum Gasteiger partial charge on any atom is 0.322 e. The Kier molecular flexibility index (Phi) is 9.09. The van der Waals surface area contributed by atoms with Crippen LogP contribution in [0.2, 0.25) is 0 Å². The van der Waals surface area contributed by atoms with Gasteiger partial charge in [-0.1, -0.05) is 0 Å². The van der Waals surface area contributed by atoms with Crippen molar-refractivity contribution in [3.8, 4) is 0 Å². The number of anilines is 4. The summed E-state index contributed by atoms with van der Waals surface area (Å²) in [7, 11) is 0. The minimum absolute atomic E-state index is 0.143. The second-order valence-electron chi connectivity index (χ2n) is 11.5. The van der Waals surface area contributed by atoms with Gasteiger partial charge in [-0.25, -0.2) is 13.8 Å². The van der Waals surface area contributed by atoms with Crippen molar-refractivity contribution in [1.29, 1.82) is 0 Å². The Morgan fingerprint density at radius 1 is 1.05 bits per heavy atom. The van der Waals surface area contributed by atoms with E-state index in [0.717, 1.165) is 36.5 Å². The van der Waals surface area contributed by atoms with Crippen molar-refractivity contribution in [3.63, 3.8) is 0 Å². The number of carbonyl (C=O) groups is 2. The zero-order valence-electron chi connectivity index (χ0n) is 23.8. The van der Waals surface area contributed by atoms with Crippen LogP contribution in [0.25, 0.3) is 0 Å². The summed E-state index contributed by atoms with van der Waals surface area (Å²) in [5, 5.41) is 2.90. The molecule has 228 valence electrons. The van der Waals surface area contributed by atoms with Crippen LogP contribution in [0.1, 0.15) is 55.8 Å². The highest BCUT2D eigenvalue weighted by Crippen LogP contribution is 2.54. The fourth-order valence-corrected chi connectivity index (χ4v) is 6.06. The molecule has 1 aliphatic carbocycles. The number of nitrogens with zero attached hydrogens (tertiary/aromatic N) is 3. The van der Waals surface area contributed by atoms with Crippen LogP contribution in [-0.4, -0.2) is 68.2 Å². The van der Waals surface area contributed by atoms with Gasteiger partial charge in [0.25, 0.3) is 11.8 Å². The number of esters is 1. The third-order valence-electron chi connectivity index (χ3n) is 8.29. The normalized spacial score (nSPS) is 19.8. The van der Waals surface area contributed by atoms with E-state index < -0.39 is 17.9 Å². The molecule has 10 nitrogen and oxygen atoms in total. The molecule has 13 heteroatoms. The summed E-state index contributed by atoms with van der Waals surface area (Å²) >= 11 is 1.40. The van der Waals surface area contributed by atoms with Crippen LogP contribution in [0.4, 0.5) is 31.8 Å². The topological polar surface area (TPSA) is 139 Å². The summed E-state index contributed by atoms with van der Waals surface area (Å²) in [6.07, 6.45) is 4.24. The number of piperidine rings is 2. The lowest BCUT2D eigenvalue weighted by molar-refractivity contribution is -0.144. The lowest BCUT2D eigenvalue weighted by atomic mass is 9.93. The van der Waals surface area contributed by atoms with Crippen LogP contribution >= 0.6 is 11.9 Å². The predicted octanol–water partition coefficient (Wildman–Crippen LogP) is 4.02. The average Bonchev–Trinajstić information content (AvgIpc) is 3.72. The number of ether oxygens (including phenoxy) is 1. The number of nitrogen functional groups attached to an aromatic ring is 1. The molecule has 1 aromatic carbocycles. The second kappa shape index (κ2) is 12.6. The van der Waals surface area contributed by atoms with E-state index in [1.165, 1.54) is 24.8 Å². The molecule has 1 saturated carbocycles. The van der Waals surface area contributed by atoms with Gasteiger partial charge >= 0.3 is 5.97 Å². The van der Waals surface area contributed by atoms with Crippen LogP contribution < -0.4 is 31.3 Å². The molecule has 3 heterocycles. The van der Waals surface area contributed by atoms with Crippen LogP contribution in [0.5, 0.6) is 0 Å². The minimum atomic E-state index is -2.68. The summed E-state index contributed by atoms with van der Waals surface area (Å²) in [6, 6.07) is 8.28. The first-order chi connectivity index (χ1) is 20.0.